The van der Waals surface area contributed by atoms with Gasteiger partial charge in [0.05, 0.1) is 4.92 Å². The SMILES string of the molecule is O=[N+]([O-])c1ccccc1.O=[SH](=O)Cl. The van der Waals surface area contributed by atoms with E-state index in [1.165, 1.54) is 12.1 Å². The van der Waals surface area contributed by atoms with Crippen LogP contribution in [-0.4, -0.2) is 13.3 Å². The molecule has 0 atom stereocenters. The first kappa shape index (κ1) is 11.9. The molecule has 13 heavy (non-hydrogen) atoms. The van der Waals surface area contributed by atoms with E-state index in [1.807, 2.05) is 0 Å². The molecule has 0 aliphatic rings. The molecule has 0 radical (unpaired) electrons. The summed E-state index contributed by atoms with van der Waals surface area (Å²) in [5.41, 5.74) is 0.137. The topological polar surface area (TPSA) is 77.3 Å². The van der Waals surface area contributed by atoms with E-state index in [0.29, 0.717) is 0 Å². The van der Waals surface area contributed by atoms with Gasteiger partial charge in [-0.25, -0.2) is 8.42 Å². The Labute approximate surface area is 80.6 Å². The van der Waals surface area contributed by atoms with Gasteiger partial charge in [0.25, 0.3) is 5.69 Å². The Morgan fingerprint density at radius 2 is 1.62 bits per heavy atom. The summed E-state index contributed by atoms with van der Waals surface area (Å²) in [6, 6.07) is 7.93. The van der Waals surface area contributed by atoms with Crippen molar-refractivity contribution in [3.8, 4) is 0 Å². The molecular formula is C6H6ClNO4S. The lowest BCUT2D eigenvalue weighted by molar-refractivity contribution is -0.384. The fourth-order valence-electron chi connectivity index (χ4n) is 0.550. The quantitative estimate of drug-likeness (QED) is 0.337. The minimum Gasteiger partial charge on any atom is -0.258 e. The number of rotatable bonds is 1. The van der Waals surface area contributed by atoms with E-state index in [4.69, 9.17) is 8.42 Å². The van der Waals surface area contributed by atoms with E-state index < -0.39 is 14.8 Å². The maximum Gasteiger partial charge on any atom is 0.269 e. The van der Waals surface area contributed by atoms with Crippen LogP contribution in [0.3, 0.4) is 0 Å². The van der Waals surface area contributed by atoms with Crippen molar-refractivity contribution in [2.75, 3.05) is 0 Å². The number of nitrogens with zero attached hydrogens (tertiary/aromatic N) is 1. The fraction of sp³-hybridized carbons (Fsp3) is 0. The first-order valence-electron chi connectivity index (χ1n) is 3.03. The lowest BCUT2D eigenvalue weighted by Crippen LogP contribution is -1.84. The maximum absolute atomic E-state index is 10.0. The molecule has 0 bridgehead atoms. The van der Waals surface area contributed by atoms with Gasteiger partial charge in [0.2, 0.25) is 9.92 Å². The van der Waals surface area contributed by atoms with Crippen molar-refractivity contribution in [1.82, 2.24) is 0 Å². The molecule has 1 aromatic rings. The second-order valence-electron chi connectivity index (χ2n) is 1.81. The van der Waals surface area contributed by atoms with Gasteiger partial charge in [-0.3, -0.25) is 10.1 Å². The van der Waals surface area contributed by atoms with Crippen molar-refractivity contribution >= 4 is 26.3 Å². The monoisotopic (exact) mass is 223 g/mol. The van der Waals surface area contributed by atoms with Crippen molar-refractivity contribution in [2.24, 2.45) is 0 Å². The highest BCUT2D eigenvalue weighted by Crippen LogP contribution is 2.06. The van der Waals surface area contributed by atoms with Crippen LogP contribution in [0.2, 0.25) is 0 Å². The molecule has 72 valence electrons. The van der Waals surface area contributed by atoms with E-state index in [-0.39, 0.29) is 5.69 Å². The van der Waals surface area contributed by atoms with Gasteiger partial charge in [0.1, 0.15) is 0 Å². The molecule has 0 heterocycles. The maximum atomic E-state index is 10.0. The van der Waals surface area contributed by atoms with Gasteiger partial charge in [-0.05, 0) is 0 Å². The minimum absolute atomic E-state index is 0.137. The minimum atomic E-state index is -2.65. The van der Waals surface area contributed by atoms with Gasteiger partial charge in [-0.1, -0.05) is 18.2 Å². The molecule has 5 nitrogen and oxygen atoms in total. The molecule has 0 aliphatic carbocycles. The molecule has 0 spiro atoms. The first-order chi connectivity index (χ1) is 6.04. The zero-order chi connectivity index (χ0) is 10.3. The molecule has 0 N–H and O–H groups in total. The third kappa shape index (κ3) is 7.23. The zero-order valence-electron chi connectivity index (χ0n) is 6.29. The van der Waals surface area contributed by atoms with E-state index in [1.54, 1.807) is 18.2 Å². The highest BCUT2D eigenvalue weighted by molar-refractivity contribution is 7.98. The highest BCUT2D eigenvalue weighted by Gasteiger charge is 1.98. The van der Waals surface area contributed by atoms with Crippen LogP contribution in [0.15, 0.2) is 30.3 Å². The molecule has 0 fully saturated rings. The fourth-order valence-corrected chi connectivity index (χ4v) is 0.550. The number of thiol groups is 1. The standard InChI is InChI=1S/C6H5NO2.ClHO2S/c8-7(9)6-4-2-1-3-5-6;1-4(2)3/h1-5H;4H. The van der Waals surface area contributed by atoms with Crippen LogP contribution >= 0.6 is 10.7 Å². The van der Waals surface area contributed by atoms with E-state index >= 15 is 0 Å². The van der Waals surface area contributed by atoms with Crippen molar-refractivity contribution in [3.63, 3.8) is 0 Å². The Morgan fingerprint density at radius 3 is 1.85 bits per heavy atom. The van der Waals surface area contributed by atoms with Gasteiger partial charge < -0.3 is 0 Å². The number of halogens is 1. The van der Waals surface area contributed by atoms with Gasteiger partial charge in [-0.2, -0.15) is 0 Å². The summed E-state index contributed by atoms with van der Waals surface area (Å²) in [6.45, 7) is 0. The van der Waals surface area contributed by atoms with Gasteiger partial charge in [0, 0.05) is 22.8 Å². The van der Waals surface area contributed by atoms with Crippen LogP contribution in [-0.2, 0) is 9.92 Å². The number of non-ortho nitro benzene ring substituents is 1. The van der Waals surface area contributed by atoms with Crippen LogP contribution in [0.5, 0.6) is 0 Å². The number of nitro benzene ring substituents is 1. The van der Waals surface area contributed by atoms with Crippen LogP contribution < -0.4 is 0 Å². The average Bonchev–Trinajstić information content (AvgIpc) is 2.05. The summed E-state index contributed by atoms with van der Waals surface area (Å²) >= 11 is 0. The molecule has 0 unspecified atom stereocenters. The molecule has 0 aromatic heterocycles. The predicted octanol–water partition coefficient (Wildman–Crippen LogP) is 1.35. The summed E-state index contributed by atoms with van der Waals surface area (Å²) in [7, 11) is 1.58. The lowest BCUT2D eigenvalue weighted by atomic mass is 10.3. The molecule has 1 aromatic carbocycles. The smallest absolute Gasteiger partial charge is 0.258 e. The largest absolute Gasteiger partial charge is 0.269 e. The molecule has 0 saturated heterocycles. The average molecular weight is 224 g/mol. The summed E-state index contributed by atoms with van der Waals surface area (Å²) in [5, 5.41) is 10.0. The normalized spacial score (nSPS) is 8.77. The Balaban J connectivity index is 0.000000310. The van der Waals surface area contributed by atoms with Gasteiger partial charge in [0.15, 0.2) is 0 Å². The molecular weight excluding hydrogens is 218 g/mol. The summed E-state index contributed by atoms with van der Waals surface area (Å²) in [5.74, 6) is 0. The number of hydrogen-bond donors (Lipinski definition) is 1. The molecule has 0 saturated carbocycles. The Morgan fingerprint density at radius 1 is 1.23 bits per heavy atom. The third-order valence-corrected chi connectivity index (χ3v) is 0.967. The van der Waals surface area contributed by atoms with Crippen molar-refractivity contribution in [1.29, 1.82) is 0 Å². The number of para-hydroxylation sites is 1. The highest BCUT2D eigenvalue weighted by atomic mass is 35.7. The zero-order valence-corrected chi connectivity index (χ0v) is 7.94. The summed E-state index contributed by atoms with van der Waals surface area (Å²) < 4.78 is 17.6. The second-order valence-corrected chi connectivity index (χ2v) is 3.06. The molecule has 7 heteroatoms. The van der Waals surface area contributed by atoms with Gasteiger partial charge in [-0.15, -0.1) is 0 Å². The number of nitro groups is 1. The van der Waals surface area contributed by atoms with Crippen molar-refractivity contribution < 1.29 is 13.3 Å². The summed E-state index contributed by atoms with van der Waals surface area (Å²) in [6.07, 6.45) is 0. The second kappa shape index (κ2) is 6.38. The van der Waals surface area contributed by atoms with Crippen molar-refractivity contribution in [2.45, 2.75) is 0 Å². The van der Waals surface area contributed by atoms with Crippen LogP contribution in [0, 0.1) is 10.1 Å². The number of hydrogen-bond acceptors (Lipinski definition) is 4. The van der Waals surface area contributed by atoms with Gasteiger partial charge >= 0.3 is 0 Å². The predicted molar refractivity (Wildman–Crippen MR) is 49.3 cm³/mol. The Kier molecular flexibility index (Phi) is 5.82. The Hall–Kier alpha value is -1.14. The van der Waals surface area contributed by atoms with Crippen molar-refractivity contribution in [3.05, 3.63) is 40.4 Å². The van der Waals surface area contributed by atoms with Crippen LogP contribution in [0.25, 0.3) is 0 Å². The molecule has 0 aliphatic heterocycles. The molecule has 1 rings (SSSR count). The van der Waals surface area contributed by atoms with E-state index in [2.05, 4.69) is 10.7 Å². The Bertz CT molecular complexity index is 330. The first-order valence-corrected chi connectivity index (χ1v) is 5.12. The molecule has 0 amide bonds. The van der Waals surface area contributed by atoms with Crippen LogP contribution in [0.1, 0.15) is 0 Å². The number of benzene rings is 1. The van der Waals surface area contributed by atoms with Crippen LogP contribution in [0.4, 0.5) is 5.69 Å². The third-order valence-electron chi connectivity index (χ3n) is 0.967. The summed E-state index contributed by atoms with van der Waals surface area (Å²) in [4.78, 5) is 9.59. The van der Waals surface area contributed by atoms with E-state index in [9.17, 15) is 10.1 Å². The lowest BCUT2D eigenvalue weighted by Gasteiger charge is -1.85. The van der Waals surface area contributed by atoms with E-state index in [0.717, 1.165) is 0 Å².